The number of hydrogen-bond acceptors (Lipinski definition) is 4. The van der Waals surface area contributed by atoms with Gasteiger partial charge in [0.1, 0.15) is 11.4 Å². The summed E-state index contributed by atoms with van der Waals surface area (Å²) in [5, 5.41) is 11.6. The highest BCUT2D eigenvalue weighted by Crippen LogP contribution is 2.24. The summed E-state index contributed by atoms with van der Waals surface area (Å²) in [6.45, 7) is 5.48. The van der Waals surface area contributed by atoms with Crippen LogP contribution in [0.3, 0.4) is 0 Å². The van der Waals surface area contributed by atoms with Crippen LogP contribution in [0.4, 0.5) is 10.5 Å². The second-order valence-electron chi connectivity index (χ2n) is 8.65. The van der Waals surface area contributed by atoms with Crippen molar-refractivity contribution < 1.29 is 14.3 Å². The second kappa shape index (κ2) is 11.0. The molecule has 1 N–H and O–H groups in total. The molecule has 0 saturated carbocycles. The third kappa shape index (κ3) is 7.39. The van der Waals surface area contributed by atoms with Gasteiger partial charge >= 0.3 is 6.09 Å². The first-order chi connectivity index (χ1) is 16.3. The monoisotopic (exact) mass is 452 g/mol. The largest absolute Gasteiger partial charge is 0.496 e. The molecule has 0 aliphatic heterocycles. The SMILES string of the molecule is COc1cc(C=Cc2ccc(C#N)cc2)ccc1C=Cc1ccc(NC(=O)OC(C)(C)C)cc1. The van der Waals surface area contributed by atoms with Crippen LogP contribution in [0.15, 0.2) is 66.7 Å². The van der Waals surface area contributed by atoms with Gasteiger partial charge in [0.15, 0.2) is 0 Å². The lowest BCUT2D eigenvalue weighted by Crippen LogP contribution is -2.27. The highest BCUT2D eigenvalue weighted by Gasteiger charge is 2.16. The van der Waals surface area contributed by atoms with Gasteiger partial charge in [0, 0.05) is 11.3 Å². The molecule has 3 aromatic carbocycles. The normalized spacial score (nSPS) is 11.4. The third-order valence-corrected chi connectivity index (χ3v) is 4.78. The van der Waals surface area contributed by atoms with Crippen LogP contribution < -0.4 is 10.1 Å². The predicted octanol–water partition coefficient (Wildman–Crippen LogP) is 7.25. The van der Waals surface area contributed by atoms with Crippen molar-refractivity contribution in [1.82, 2.24) is 0 Å². The minimum atomic E-state index is -0.541. The number of anilines is 1. The number of rotatable bonds is 6. The second-order valence-corrected chi connectivity index (χ2v) is 8.65. The van der Waals surface area contributed by atoms with Crippen LogP contribution in [0.2, 0.25) is 0 Å². The minimum absolute atomic E-state index is 0.478. The standard InChI is InChI=1S/C29H28N2O3/c1-29(2,3)34-28(32)31-26-17-13-22(14-18-26)11-15-25-16-12-23(19-27(25)33-4)8-5-21-6-9-24(20-30)10-7-21/h5-19H,1-4H3,(H,31,32). The quantitative estimate of drug-likeness (QED) is 0.400. The fourth-order valence-corrected chi connectivity index (χ4v) is 3.12. The molecule has 0 unspecified atom stereocenters. The molecule has 0 bridgehead atoms. The molecule has 0 saturated heterocycles. The van der Waals surface area contributed by atoms with Gasteiger partial charge in [-0.2, -0.15) is 5.26 Å². The number of nitriles is 1. The lowest BCUT2D eigenvalue weighted by atomic mass is 10.1. The molecule has 172 valence electrons. The number of hydrogen-bond donors (Lipinski definition) is 1. The smallest absolute Gasteiger partial charge is 0.412 e. The van der Waals surface area contributed by atoms with E-state index in [1.165, 1.54) is 0 Å². The Morgan fingerprint density at radius 2 is 1.41 bits per heavy atom. The Morgan fingerprint density at radius 1 is 0.853 bits per heavy atom. The van der Waals surface area contributed by atoms with Crippen LogP contribution in [0, 0.1) is 11.3 Å². The van der Waals surface area contributed by atoms with Gasteiger partial charge in [-0.25, -0.2) is 4.79 Å². The van der Waals surface area contributed by atoms with E-state index in [0.29, 0.717) is 11.3 Å². The van der Waals surface area contributed by atoms with Gasteiger partial charge in [-0.1, -0.05) is 60.7 Å². The van der Waals surface area contributed by atoms with Crippen molar-refractivity contribution in [3.63, 3.8) is 0 Å². The zero-order valence-corrected chi connectivity index (χ0v) is 19.8. The Morgan fingerprint density at radius 3 is 2.00 bits per heavy atom. The molecule has 0 aromatic heterocycles. The molecule has 0 radical (unpaired) electrons. The maximum atomic E-state index is 11.9. The number of carbonyl (C=O) groups is 1. The van der Waals surface area contributed by atoms with Crippen molar-refractivity contribution in [3.05, 3.63) is 94.5 Å². The molecular weight excluding hydrogens is 424 g/mol. The fraction of sp³-hybridized carbons (Fsp3) is 0.172. The molecule has 1 amide bonds. The van der Waals surface area contributed by atoms with Crippen LogP contribution >= 0.6 is 0 Å². The highest BCUT2D eigenvalue weighted by atomic mass is 16.6. The van der Waals surface area contributed by atoms with E-state index in [0.717, 1.165) is 28.0 Å². The number of benzene rings is 3. The number of nitrogens with one attached hydrogen (secondary N) is 1. The molecule has 5 heteroatoms. The summed E-state index contributed by atoms with van der Waals surface area (Å²) < 4.78 is 10.8. The molecule has 0 aliphatic carbocycles. The van der Waals surface area contributed by atoms with Crippen LogP contribution in [-0.2, 0) is 4.74 Å². The predicted molar refractivity (Wildman–Crippen MR) is 138 cm³/mol. The molecule has 5 nitrogen and oxygen atoms in total. The summed E-state index contributed by atoms with van der Waals surface area (Å²) in [5.74, 6) is 0.765. The lowest BCUT2D eigenvalue weighted by molar-refractivity contribution is 0.0636. The van der Waals surface area contributed by atoms with Crippen LogP contribution in [0.1, 0.15) is 48.6 Å². The zero-order valence-electron chi connectivity index (χ0n) is 19.8. The molecule has 34 heavy (non-hydrogen) atoms. The van der Waals surface area contributed by atoms with Crippen LogP contribution in [0.25, 0.3) is 24.3 Å². The van der Waals surface area contributed by atoms with Gasteiger partial charge in [0.2, 0.25) is 0 Å². The summed E-state index contributed by atoms with van der Waals surface area (Å²) in [6, 6.07) is 23.1. The van der Waals surface area contributed by atoms with Gasteiger partial charge in [-0.05, 0) is 67.8 Å². The van der Waals surface area contributed by atoms with Crippen molar-refractivity contribution >= 4 is 36.1 Å². The average Bonchev–Trinajstić information content (AvgIpc) is 2.81. The van der Waals surface area contributed by atoms with Crippen LogP contribution in [0.5, 0.6) is 5.75 Å². The molecular formula is C29H28N2O3. The van der Waals surface area contributed by atoms with E-state index >= 15 is 0 Å². The summed E-state index contributed by atoms with van der Waals surface area (Å²) in [4.78, 5) is 11.9. The van der Waals surface area contributed by atoms with Crippen molar-refractivity contribution in [2.75, 3.05) is 12.4 Å². The Kier molecular flexibility index (Phi) is 7.89. The molecule has 0 spiro atoms. The first kappa shape index (κ1) is 24.3. The van der Waals surface area contributed by atoms with E-state index in [4.69, 9.17) is 14.7 Å². The number of nitrogens with zero attached hydrogens (tertiary/aromatic N) is 1. The van der Waals surface area contributed by atoms with Crippen molar-refractivity contribution in [3.8, 4) is 11.8 Å². The molecule has 3 aromatic rings. The lowest BCUT2D eigenvalue weighted by Gasteiger charge is -2.19. The van der Waals surface area contributed by atoms with Gasteiger partial charge in [0.25, 0.3) is 0 Å². The Bertz CT molecular complexity index is 1230. The number of amides is 1. The van der Waals surface area contributed by atoms with E-state index in [-0.39, 0.29) is 0 Å². The molecule has 0 heterocycles. The Hall–Kier alpha value is -4.30. The Balaban J connectivity index is 1.66. The molecule has 0 atom stereocenters. The van der Waals surface area contributed by atoms with Crippen molar-refractivity contribution in [2.24, 2.45) is 0 Å². The van der Waals surface area contributed by atoms with Gasteiger partial charge in [-0.15, -0.1) is 0 Å². The first-order valence-electron chi connectivity index (χ1n) is 10.9. The first-order valence-corrected chi connectivity index (χ1v) is 10.9. The Labute approximate surface area is 201 Å². The third-order valence-electron chi connectivity index (χ3n) is 4.78. The topological polar surface area (TPSA) is 71.3 Å². The van der Waals surface area contributed by atoms with Gasteiger partial charge < -0.3 is 9.47 Å². The molecule has 0 aliphatic rings. The zero-order chi connectivity index (χ0) is 24.6. The summed E-state index contributed by atoms with van der Waals surface area (Å²) in [7, 11) is 1.65. The highest BCUT2D eigenvalue weighted by molar-refractivity contribution is 5.85. The van der Waals surface area contributed by atoms with E-state index in [9.17, 15) is 4.79 Å². The number of methoxy groups -OCH3 is 1. The van der Waals surface area contributed by atoms with Crippen molar-refractivity contribution in [2.45, 2.75) is 26.4 Å². The maximum Gasteiger partial charge on any atom is 0.412 e. The van der Waals surface area contributed by atoms with E-state index in [2.05, 4.69) is 11.4 Å². The summed E-state index contributed by atoms with van der Waals surface area (Å²) in [6.07, 6.45) is 7.50. The summed E-state index contributed by atoms with van der Waals surface area (Å²) >= 11 is 0. The average molecular weight is 453 g/mol. The molecule has 3 rings (SSSR count). The maximum absolute atomic E-state index is 11.9. The summed E-state index contributed by atoms with van der Waals surface area (Å²) in [5.41, 5.74) is 4.74. The van der Waals surface area contributed by atoms with Crippen LogP contribution in [-0.4, -0.2) is 18.8 Å². The van der Waals surface area contributed by atoms with Gasteiger partial charge in [-0.3, -0.25) is 5.32 Å². The number of carbonyl (C=O) groups excluding carboxylic acids is 1. The van der Waals surface area contributed by atoms with E-state index < -0.39 is 11.7 Å². The fourth-order valence-electron chi connectivity index (χ4n) is 3.12. The van der Waals surface area contributed by atoms with Gasteiger partial charge in [0.05, 0.1) is 18.7 Å². The van der Waals surface area contributed by atoms with E-state index in [1.54, 1.807) is 19.2 Å². The van der Waals surface area contributed by atoms with Crippen molar-refractivity contribution in [1.29, 1.82) is 5.26 Å². The molecule has 0 fully saturated rings. The number of ether oxygens (including phenoxy) is 2. The van der Waals surface area contributed by atoms with E-state index in [1.807, 2.05) is 99.7 Å². The minimum Gasteiger partial charge on any atom is -0.496 e.